The lowest BCUT2D eigenvalue weighted by Gasteiger charge is -2.31. The Balaban J connectivity index is 1.33. The van der Waals surface area contributed by atoms with Crippen molar-refractivity contribution in [2.75, 3.05) is 13.1 Å². The van der Waals surface area contributed by atoms with Crippen LogP contribution in [0.5, 0.6) is 0 Å². The molecule has 7 nitrogen and oxygen atoms in total. The maximum atomic E-state index is 12.3. The van der Waals surface area contributed by atoms with Crippen molar-refractivity contribution in [1.82, 2.24) is 24.0 Å². The second-order valence-corrected chi connectivity index (χ2v) is 7.59. The van der Waals surface area contributed by atoms with Gasteiger partial charge < -0.3 is 4.57 Å². The molecule has 0 aromatic carbocycles. The smallest absolute Gasteiger partial charge is 0.273 e. The van der Waals surface area contributed by atoms with Crippen molar-refractivity contribution in [3.05, 3.63) is 56.9 Å². The topological polar surface area (TPSA) is 73.0 Å². The van der Waals surface area contributed by atoms with Crippen LogP contribution in [0.4, 0.5) is 0 Å². The minimum absolute atomic E-state index is 0.0250. The summed E-state index contributed by atoms with van der Waals surface area (Å²) >= 11 is 0. The molecule has 0 spiro atoms. The second kappa shape index (κ2) is 7.15. The summed E-state index contributed by atoms with van der Waals surface area (Å²) in [5.74, 6) is 0.990. The molecule has 1 aliphatic heterocycles. The Morgan fingerprint density at radius 1 is 1.12 bits per heavy atom. The Morgan fingerprint density at radius 3 is 2.58 bits per heavy atom. The van der Waals surface area contributed by atoms with E-state index in [0.29, 0.717) is 24.1 Å². The van der Waals surface area contributed by atoms with Gasteiger partial charge in [0.2, 0.25) is 0 Å². The zero-order valence-corrected chi connectivity index (χ0v) is 15.2. The Bertz CT molecular complexity index is 891. The highest BCUT2D eigenvalue weighted by molar-refractivity contribution is 5.12. The van der Waals surface area contributed by atoms with Crippen molar-refractivity contribution >= 4 is 0 Å². The van der Waals surface area contributed by atoms with E-state index in [9.17, 15) is 9.59 Å². The van der Waals surface area contributed by atoms with Gasteiger partial charge in [-0.1, -0.05) is 0 Å². The maximum Gasteiger partial charge on any atom is 0.273 e. The average molecular weight is 355 g/mol. The molecule has 1 saturated heterocycles. The van der Waals surface area contributed by atoms with Crippen LogP contribution in [0.25, 0.3) is 0 Å². The van der Waals surface area contributed by atoms with Crippen LogP contribution in [0.3, 0.4) is 0 Å². The van der Waals surface area contributed by atoms with Gasteiger partial charge in [-0.15, -0.1) is 0 Å². The molecule has 0 bridgehead atoms. The summed E-state index contributed by atoms with van der Waals surface area (Å²) in [5, 5.41) is 0. The number of piperidine rings is 1. The zero-order valence-electron chi connectivity index (χ0n) is 15.2. The molecular formula is C19H25N5O2. The van der Waals surface area contributed by atoms with Crippen LogP contribution in [-0.2, 0) is 20.1 Å². The normalized spacial score (nSPS) is 19.0. The Morgan fingerprint density at radius 2 is 1.88 bits per heavy atom. The fourth-order valence-electron chi connectivity index (χ4n) is 3.65. The maximum absolute atomic E-state index is 12.3. The Kier molecular flexibility index (Phi) is 4.72. The molecule has 7 heteroatoms. The molecule has 0 unspecified atom stereocenters. The first-order valence-electron chi connectivity index (χ1n) is 9.39. The van der Waals surface area contributed by atoms with Gasteiger partial charge in [0.05, 0.1) is 12.0 Å². The van der Waals surface area contributed by atoms with Crippen LogP contribution in [0.15, 0.2) is 34.4 Å². The molecule has 2 fully saturated rings. The van der Waals surface area contributed by atoms with Crippen LogP contribution in [-0.4, -0.2) is 37.1 Å². The van der Waals surface area contributed by atoms with Crippen molar-refractivity contribution in [3.63, 3.8) is 0 Å². The lowest BCUT2D eigenvalue weighted by atomic mass is 9.96. The van der Waals surface area contributed by atoms with Crippen molar-refractivity contribution in [1.29, 1.82) is 0 Å². The minimum atomic E-state index is -0.0250. The quantitative estimate of drug-likeness (QED) is 0.804. The number of aromatic nitrogens is 4. The van der Waals surface area contributed by atoms with E-state index in [1.165, 1.54) is 0 Å². The molecule has 0 radical (unpaired) electrons. The SMILES string of the molecule is Cn1ccnc(CN2CCC(Cn3cnc(C4CC4)cc3=O)CC2)c1=O. The predicted octanol–water partition coefficient (Wildman–Crippen LogP) is 1.13. The number of hydrogen-bond acceptors (Lipinski definition) is 5. The van der Waals surface area contributed by atoms with Crippen molar-refractivity contribution < 1.29 is 0 Å². The van der Waals surface area contributed by atoms with Crippen LogP contribution in [0, 0.1) is 5.92 Å². The van der Waals surface area contributed by atoms with E-state index in [2.05, 4.69) is 14.9 Å². The second-order valence-electron chi connectivity index (χ2n) is 7.59. The van der Waals surface area contributed by atoms with E-state index in [1.54, 1.807) is 41.0 Å². The van der Waals surface area contributed by atoms with Crippen LogP contribution in [0.2, 0.25) is 0 Å². The lowest BCUT2D eigenvalue weighted by Crippen LogP contribution is -2.38. The molecule has 2 aromatic rings. The molecule has 1 aliphatic carbocycles. The van der Waals surface area contributed by atoms with Crippen molar-refractivity contribution in [2.45, 2.75) is 44.7 Å². The fourth-order valence-corrected chi connectivity index (χ4v) is 3.65. The standard InChI is InChI=1S/C19H25N5O2/c1-22-9-6-20-17(19(22)26)12-23-7-4-14(5-8-23)11-24-13-21-16(10-18(24)25)15-2-3-15/h6,9-10,13-15H,2-5,7-8,11-12H2,1H3. The molecule has 2 aromatic heterocycles. The molecule has 0 atom stereocenters. The monoisotopic (exact) mass is 355 g/mol. The Labute approximate surface area is 152 Å². The summed E-state index contributed by atoms with van der Waals surface area (Å²) in [7, 11) is 1.75. The molecule has 26 heavy (non-hydrogen) atoms. The summed E-state index contributed by atoms with van der Waals surface area (Å²) in [6, 6.07) is 1.71. The molecule has 1 saturated carbocycles. The number of likely N-dealkylation sites (tertiary alicyclic amines) is 1. The third-order valence-corrected chi connectivity index (χ3v) is 5.52. The molecule has 2 aliphatic rings. The molecule has 0 N–H and O–H groups in total. The van der Waals surface area contributed by atoms with Gasteiger partial charge in [0.15, 0.2) is 0 Å². The van der Waals surface area contributed by atoms with Gasteiger partial charge in [-0.2, -0.15) is 0 Å². The van der Waals surface area contributed by atoms with Crippen LogP contribution >= 0.6 is 0 Å². The number of nitrogens with zero attached hydrogens (tertiary/aromatic N) is 5. The third-order valence-electron chi connectivity index (χ3n) is 5.52. The highest BCUT2D eigenvalue weighted by atomic mass is 16.1. The largest absolute Gasteiger partial charge is 0.315 e. The van der Waals surface area contributed by atoms with E-state index >= 15 is 0 Å². The summed E-state index contributed by atoms with van der Waals surface area (Å²) in [5.41, 5.74) is 1.60. The van der Waals surface area contributed by atoms with Gasteiger partial charge in [0, 0.05) is 44.5 Å². The first-order valence-corrected chi connectivity index (χ1v) is 9.39. The van der Waals surface area contributed by atoms with Gasteiger partial charge in [-0.05, 0) is 44.7 Å². The molecular weight excluding hydrogens is 330 g/mol. The number of aryl methyl sites for hydroxylation is 1. The van der Waals surface area contributed by atoms with E-state index < -0.39 is 0 Å². The highest BCUT2D eigenvalue weighted by Gasteiger charge is 2.26. The lowest BCUT2D eigenvalue weighted by molar-refractivity contribution is 0.164. The predicted molar refractivity (Wildman–Crippen MR) is 98.0 cm³/mol. The molecule has 3 heterocycles. The summed E-state index contributed by atoms with van der Waals surface area (Å²) < 4.78 is 3.32. The Hall–Kier alpha value is -2.28. The number of rotatable bonds is 5. The minimum Gasteiger partial charge on any atom is -0.315 e. The highest BCUT2D eigenvalue weighted by Crippen LogP contribution is 2.38. The van der Waals surface area contributed by atoms with E-state index in [0.717, 1.165) is 51.0 Å². The molecule has 4 rings (SSSR count). The van der Waals surface area contributed by atoms with Gasteiger partial charge in [-0.25, -0.2) is 4.98 Å². The number of hydrogen-bond donors (Lipinski definition) is 0. The first-order chi connectivity index (χ1) is 12.6. The van der Waals surface area contributed by atoms with E-state index in [-0.39, 0.29) is 11.1 Å². The average Bonchev–Trinajstić information content (AvgIpc) is 3.47. The van der Waals surface area contributed by atoms with E-state index in [4.69, 9.17) is 0 Å². The fraction of sp³-hybridized carbons (Fsp3) is 0.579. The third kappa shape index (κ3) is 3.77. The van der Waals surface area contributed by atoms with Gasteiger partial charge in [0.25, 0.3) is 11.1 Å². The molecule has 0 amide bonds. The first kappa shape index (κ1) is 17.1. The van der Waals surface area contributed by atoms with E-state index in [1.807, 2.05) is 0 Å². The van der Waals surface area contributed by atoms with Crippen LogP contribution in [0.1, 0.15) is 43.0 Å². The van der Waals surface area contributed by atoms with Gasteiger partial charge in [0.1, 0.15) is 5.69 Å². The van der Waals surface area contributed by atoms with Crippen LogP contribution < -0.4 is 11.1 Å². The summed E-state index contributed by atoms with van der Waals surface area (Å²) in [6.45, 7) is 3.17. The zero-order chi connectivity index (χ0) is 18.1. The summed E-state index contributed by atoms with van der Waals surface area (Å²) in [4.78, 5) is 35.4. The van der Waals surface area contributed by atoms with Crippen molar-refractivity contribution in [3.8, 4) is 0 Å². The molecule has 138 valence electrons. The van der Waals surface area contributed by atoms with Crippen molar-refractivity contribution in [2.24, 2.45) is 13.0 Å². The summed E-state index contributed by atoms with van der Waals surface area (Å²) in [6.07, 6.45) is 9.43. The van der Waals surface area contributed by atoms with Gasteiger partial charge in [-0.3, -0.25) is 24.0 Å². The van der Waals surface area contributed by atoms with Gasteiger partial charge >= 0.3 is 0 Å².